The van der Waals surface area contributed by atoms with Crippen molar-refractivity contribution < 1.29 is 9.13 Å². The summed E-state index contributed by atoms with van der Waals surface area (Å²) in [6.45, 7) is 0. The molecule has 0 atom stereocenters. The number of rotatable bonds is 2. The molecule has 0 aliphatic heterocycles. The number of nitrogen functional groups attached to an aromatic ring is 2. The molecule has 0 amide bonds. The van der Waals surface area contributed by atoms with Crippen LogP contribution in [0.3, 0.4) is 0 Å². The predicted molar refractivity (Wildman–Crippen MR) is 80.2 cm³/mol. The van der Waals surface area contributed by atoms with Crippen LogP contribution in [0.2, 0.25) is 0 Å². The summed E-state index contributed by atoms with van der Waals surface area (Å²) in [5.41, 5.74) is 11.8. The van der Waals surface area contributed by atoms with Gasteiger partial charge in [0.25, 0.3) is 0 Å². The number of benzene rings is 1. The first kappa shape index (κ1) is 14.3. The van der Waals surface area contributed by atoms with Gasteiger partial charge < -0.3 is 16.2 Å². The molecule has 1 heterocycles. The molecule has 0 saturated heterocycles. The van der Waals surface area contributed by atoms with Crippen LogP contribution in [-0.2, 0) is 0 Å². The zero-order valence-electron chi connectivity index (χ0n) is 10.3. The molecule has 0 fully saturated rings. The number of nitrogens with two attached hydrogens (primary N) is 2. The van der Waals surface area contributed by atoms with Gasteiger partial charge in [-0.2, -0.15) is 10.2 Å². The van der Waals surface area contributed by atoms with Crippen LogP contribution in [0.4, 0.5) is 16.2 Å². The van der Waals surface area contributed by atoms with E-state index in [1.165, 1.54) is 13.2 Å². The standard InChI is InChI=1S/C12H9FIN5O/c1-20-10-7(13)2-5(3-8(10)14)9-6(4-15)11(16)19-12(17)18-9/h2-3H,1H3,(H4,16,17,18,19). The molecule has 8 heteroatoms. The van der Waals surface area contributed by atoms with E-state index in [2.05, 4.69) is 9.97 Å². The van der Waals surface area contributed by atoms with Crippen LogP contribution in [0.1, 0.15) is 5.56 Å². The highest BCUT2D eigenvalue weighted by molar-refractivity contribution is 14.1. The summed E-state index contributed by atoms with van der Waals surface area (Å²) in [5, 5.41) is 9.12. The fourth-order valence-electron chi connectivity index (χ4n) is 1.71. The lowest BCUT2D eigenvalue weighted by molar-refractivity contribution is 0.383. The molecule has 0 bridgehead atoms. The van der Waals surface area contributed by atoms with Crippen molar-refractivity contribution in [3.05, 3.63) is 27.1 Å². The SMILES string of the molecule is COc1c(F)cc(-c2nc(N)nc(N)c2C#N)cc1I. The molecule has 2 aromatic rings. The zero-order chi connectivity index (χ0) is 14.9. The van der Waals surface area contributed by atoms with Gasteiger partial charge in [0.2, 0.25) is 5.95 Å². The minimum atomic E-state index is -0.561. The molecular weight excluding hydrogens is 376 g/mol. The quantitative estimate of drug-likeness (QED) is 0.765. The lowest BCUT2D eigenvalue weighted by Gasteiger charge is -2.10. The topological polar surface area (TPSA) is 111 Å². The fourth-order valence-corrected chi connectivity index (χ4v) is 2.52. The van der Waals surface area contributed by atoms with Gasteiger partial charge in [0.05, 0.1) is 16.4 Å². The van der Waals surface area contributed by atoms with Crippen LogP contribution >= 0.6 is 22.6 Å². The molecule has 0 spiro atoms. The molecule has 0 unspecified atom stereocenters. The van der Waals surface area contributed by atoms with E-state index in [1.54, 1.807) is 6.07 Å². The molecule has 0 aliphatic rings. The fraction of sp³-hybridized carbons (Fsp3) is 0.0833. The number of ether oxygens (including phenoxy) is 1. The Balaban J connectivity index is 2.73. The summed E-state index contributed by atoms with van der Waals surface area (Å²) in [6.07, 6.45) is 0. The second kappa shape index (κ2) is 5.46. The minimum Gasteiger partial charge on any atom is -0.493 e. The molecule has 20 heavy (non-hydrogen) atoms. The van der Waals surface area contributed by atoms with Crippen LogP contribution in [0.25, 0.3) is 11.3 Å². The molecule has 0 aliphatic carbocycles. The van der Waals surface area contributed by atoms with E-state index in [1.807, 2.05) is 28.7 Å². The number of methoxy groups -OCH3 is 1. The van der Waals surface area contributed by atoms with Crippen molar-refractivity contribution in [2.75, 3.05) is 18.6 Å². The molecule has 102 valence electrons. The highest BCUT2D eigenvalue weighted by atomic mass is 127. The van der Waals surface area contributed by atoms with Crippen LogP contribution < -0.4 is 16.2 Å². The average Bonchev–Trinajstić information content (AvgIpc) is 2.37. The molecule has 1 aromatic heterocycles. The Kier molecular flexibility index (Phi) is 3.89. The summed E-state index contributed by atoms with van der Waals surface area (Å²) in [6, 6.07) is 4.74. The first-order valence-electron chi connectivity index (χ1n) is 5.34. The van der Waals surface area contributed by atoms with Crippen molar-refractivity contribution in [1.29, 1.82) is 5.26 Å². The summed E-state index contributed by atoms with van der Waals surface area (Å²) in [4.78, 5) is 7.68. The van der Waals surface area contributed by atoms with E-state index in [0.717, 1.165) is 0 Å². The molecule has 6 nitrogen and oxygen atoms in total. The Hall–Kier alpha value is -2.15. The van der Waals surface area contributed by atoms with Gasteiger partial charge in [0, 0.05) is 5.56 Å². The van der Waals surface area contributed by atoms with Gasteiger partial charge in [-0.25, -0.2) is 9.37 Å². The molecule has 0 saturated carbocycles. The third-order valence-corrected chi connectivity index (χ3v) is 3.34. The Bertz CT molecular complexity index is 706. The van der Waals surface area contributed by atoms with Gasteiger partial charge in [-0.3, -0.25) is 0 Å². The van der Waals surface area contributed by atoms with Gasteiger partial charge in [0.15, 0.2) is 11.6 Å². The second-order valence-electron chi connectivity index (χ2n) is 3.78. The Labute approximate surface area is 127 Å². The second-order valence-corrected chi connectivity index (χ2v) is 4.94. The first-order chi connectivity index (χ1) is 9.47. The van der Waals surface area contributed by atoms with E-state index < -0.39 is 5.82 Å². The predicted octanol–water partition coefficient (Wildman–Crippen LogP) is 1.93. The summed E-state index contributed by atoms with van der Waals surface area (Å²) in [7, 11) is 1.38. The minimum absolute atomic E-state index is 0.0405. The van der Waals surface area contributed by atoms with Crippen molar-refractivity contribution in [3.63, 3.8) is 0 Å². The summed E-state index contributed by atoms with van der Waals surface area (Å²) < 4.78 is 19.4. The number of hydrogen-bond acceptors (Lipinski definition) is 6. The van der Waals surface area contributed by atoms with Gasteiger partial charge in [-0.15, -0.1) is 0 Å². The molecule has 0 radical (unpaired) electrons. The summed E-state index contributed by atoms with van der Waals surface area (Å²) >= 11 is 1.93. The van der Waals surface area contributed by atoms with E-state index in [-0.39, 0.29) is 28.8 Å². The number of nitrogens with zero attached hydrogens (tertiary/aromatic N) is 3. The van der Waals surface area contributed by atoms with E-state index in [4.69, 9.17) is 21.5 Å². The van der Waals surface area contributed by atoms with Crippen LogP contribution in [0.15, 0.2) is 12.1 Å². The maximum atomic E-state index is 13.9. The number of nitriles is 1. The van der Waals surface area contributed by atoms with Crippen molar-refractivity contribution >= 4 is 34.4 Å². The highest BCUT2D eigenvalue weighted by Crippen LogP contribution is 2.32. The van der Waals surface area contributed by atoms with Gasteiger partial charge in [-0.1, -0.05) is 0 Å². The number of aromatic nitrogens is 2. The number of halogens is 2. The first-order valence-corrected chi connectivity index (χ1v) is 6.42. The monoisotopic (exact) mass is 385 g/mol. The Morgan fingerprint density at radius 3 is 2.60 bits per heavy atom. The average molecular weight is 385 g/mol. The number of anilines is 2. The van der Waals surface area contributed by atoms with Crippen LogP contribution in [-0.4, -0.2) is 17.1 Å². The molecule has 4 N–H and O–H groups in total. The van der Waals surface area contributed by atoms with Crippen molar-refractivity contribution in [1.82, 2.24) is 9.97 Å². The number of hydrogen-bond donors (Lipinski definition) is 2. The van der Waals surface area contributed by atoms with Crippen molar-refractivity contribution in [3.8, 4) is 23.1 Å². The lowest BCUT2D eigenvalue weighted by atomic mass is 10.1. The lowest BCUT2D eigenvalue weighted by Crippen LogP contribution is -2.05. The van der Waals surface area contributed by atoms with Gasteiger partial charge >= 0.3 is 0 Å². The Morgan fingerprint density at radius 2 is 2.05 bits per heavy atom. The smallest absolute Gasteiger partial charge is 0.222 e. The third kappa shape index (κ3) is 2.44. The molecule has 2 rings (SSSR count). The van der Waals surface area contributed by atoms with E-state index >= 15 is 0 Å². The van der Waals surface area contributed by atoms with Gasteiger partial charge in [-0.05, 0) is 34.7 Å². The maximum absolute atomic E-state index is 13.9. The van der Waals surface area contributed by atoms with E-state index in [9.17, 15) is 4.39 Å². The van der Waals surface area contributed by atoms with Crippen LogP contribution in [0, 0.1) is 20.7 Å². The largest absolute Gasteiger partial charge is 0.493 e. The van der Waals surface area contributed by atoms with Crippen molar-refractivity contribution in [2.45, 2.75) is 0 Å². The van der Waals surface area contributed by atoms with E-state index in [0.29, 0.717) is 9.13 Å². The van der Waals surface area contributed by atoms with Crippen LogP contribution in [0.5, 0.6) is 5.75 Å². The molecular formula is C12H9FIN5O. The molecule has 1 aromatic carbocycles. The zero-order valence-corrected chi connectivity index (χ0v) is 12.5. The third-order valence-electron chi connectivity index (χ3n) is 2.54. The normalized spacial score (nSPS) is 10.1. The Morgan fingerprint density at radius 1 is 1.35 bits per heavy atom. The maximum Gasteiger partial charge on any atom is 0.222 e. The van der Waals surface area contributed by atoms with Gasteiger partial charge in [0.1, 0.15) is 17.5 Å². The highest BCUT2D eigenvalue weighted by Gasteiger charge is 2.17. The van der Waals surface area contributed by atoms with Crippen molar-refractivity contribution in [2.24, 2.45) is 0 Å². The summed E-state index contributed by atoms with van der Waals surface area (Å²) in [5.74, 6) is -0.555.